The Kier molecular flexibility index (Phi) is 4.97. The SMILES string of the molecule is Cc1cc(C)n(CCCNCc2sccc2Br)n1. The molecule has 2 heterocycles. The van der Waals surface area contributed by atoms with Gasteiger partial charge in [0.1, 0.15) is 0 Å². The number of hydrogen-bond acceptors (Lipinski definition) is 3. The van der Waals surface area contributed by atoms with E-state index >= 15 is 0 Å². The molecule has 0 amide bonds. The van der Waals surface area contributed by atoms with Crippen LogP contribution >= 0.6 is 27.3 Å². The number of aryl methyl sites for hydroxylation is 3. The van der Waals surface area contributed by atoms with Crippen molar-refractivity contribution in [3.8, 4) is 0 Å². The van der Waals surface area contributed by atoms with Crippen LogP contribution in [0.1, 0.15) is 22.7 Å². The van der Waals surface area contributed by atoms with Gasteiger partial charge in [-0.05, 0) is 60.3 Å². The van der Waals surface area contributed by atoms with Crippen LogP contribution in [0.4, 0.5) is 0 Å². The van der Waals surface area contributed by atoms with Crippen molar-refractivity contribution in [1.82, 2.24) is 15.1 Å². The molecule has 0 radical (unpaired) electrons. The summed E-state index contributed by atoms with van der Waals surface area (Å²) in [6.07, 6.45) is 1.10. The number of aromatic nitrogens is 2. The van der Waals surface area contributed by atoms with Crippen molar-refractivity contribution < 1.29 is 0 Å². The average molecular weight is 328 g/mol. The molecular formula is C13H18BrN3S. The van der Waals surface area contributed by atoms with Crippen molar-refractivity contribution in [2.24, 2.45) is 0 Å². The van der Waals surface area contributed by atoms with Crippen LogP contribution in [0.3, 0.4) is 0 Å². The van der Waals surface area contributed by atoms with Gasteiger partial charge < -0.3 is 5.32 Å². The van der Waals surface area contributed by atoms with Gasteiger partial charge in [0.25, 0.3) is 0 Å². The molecule has 0 aliphatic carbocycles. The molecule has 0 saturated heterocycles. The molecule has 3 nitrogen and oxygen atoms in total. The zero-order chi connectivity index (χ0) is 13.0. The molecule has 98 valence electrons. The summed E-state index contributed by atoms with van der Waals surface area (Å²) in [5, 5.41) is 10.0. The lowest BCUT2D eigenvalue weighted by atomic mass is 10.3. The third kappa shape index (κ3) is 3.67. The first-order chi connectivity index (χ1) is 8.66. The number of nitrogens with one attached hydrogen (secondary N) is 1. The molecule has 2 aromatic heterocycles. The first kappa shape index (κ1) is 13.8. The minimum Gasteiger partial charge on any atom is -0.312 e. The van der Waals surface area contributed by atoms with Gasteiger partial charge in [0.05, 0.1) is 5.69 Å². The molecule has 0 saturated carbocycles. The molecule has 18 heavy (non-hydrogen) atoms. The monoisotopic (exact) mass is 327 g/mol. The Bertz CT molecular complexity index is 504. The predicted molar refractivity (Wildman–Crippen MR) is 80.0 cm³/mol. The summed E-state index contributed by atoms with van der Waals surface area (Å²) < 4.78 is 3.29. The summed E-state index contributed by atoms with van der Waals surface area (Å²) in [4.78, 5) is 1.36. The molecule has 0 spiro atoms. The number of hydrogen-bond donors (Lipinski definition) is 1. The Morgan fingerprint density at radius 2 is 2.28 bits per heavy atom. The molecule has 0 unspecified atom stereocenters. The fourth-order valence-electron chi connectivity index (χ4n) is 1.91. The van der Waals surface area contributed by atoms with Gasteiger partial charge in [-0.1, -0.05) is 0 Å². The highest BCUT2D eigenvalue weighted by Crippen LogP contribution is 2.21. The van der Waals surface area contributed by atoms with Crippen LogP contribution in [0.2, 0.25) is 0 Å². The van der Waals surface area contributed by atoms with Crippen molar-refractivity contribution in [2.75, 3.05) is 6.54 Å². The largest absolute Gasteiger partial charge is 0.312 e. The topological polar surface area (TPSA) is 29.9 Å². The normalized spacial score (nSPS) is 11.1. The Hall–Kier alpha value is -0.650. The van der Waals surface area contributed by atoms with Crippen LogP contribution in [-0.4, -0.2) is 16.3 Å². The minimum atomic E-state index is 0.940. The maximum atomic E-state index is 4.46. The first-order valence-electron chi connectivity index (χ1n) is 6.10. The third-order valence-corrected chi connectivity index (χ3v) is 4.73. The second kappa shape index (κ2) is 6.50. The molecular weight excluding hydrogens is 310 g/mol. The fraction of sp³-hybridized carbons (Fsp3) is 0.462. The second-order valence-electron chi connectivity index (χ2n) is 4.37. The van der Waals surface area contributed by atoms with Crippen LogP contribution in [0.15, 0.2) is 22.0 Å². The van der Waals surface area contributed by atoms with E-state index in [9.17, 15) is 0 Å². The Morgan fingerprint density at radius 3 is 2.89 bits per heavy atom. The van der Waals surface area contributed by atoms with Crippen LogP contribution in [0.25, 0.3) is 0 Å². The smallest absolute Gasteiger partial charge is 0.0596 e. The van der Waals surface area contributed by atoms with E-state index in [1.807, 2.05) is 6.92 Å². The second-order valence-corrected chi connectivity index (χ2v) is 6.23. The molecule has 5 heteroatoms. The highest BCUT2D eigenvalue weighted by atomic mass is 79.9. The summed E-state index contributed by atoms with van der Waals surface area (Å²) in [5.41, 5.74) is 2.34. The van der Waals surface area contributed by atoms with Gasteiger partial charge in [-0.25, -0.2) is 0 Å². The molecule has 0 aliphatic rings. The lowest BCUT2D eigenvalue weighted by Crippen LogP contribution is -2.16. The first-order valence-corrected chi connectivity index (χ1v) is 7.77. The Morgan fingerprint density at radius 1 is 1.44 bits per heavy atom. The van der Waals surface area contributed by atoms with Gasteiger partial charge in [0.15, 0.2) is 0 Å². The molecule has 0 bridgehead atoms. The third-order valence-electron chi connectivity index (χ3n) is 2.80. The van der Waals surface area contributed by atoms with Crippen LogP contribution in [0, 0.1) is 13.8 Å². The van der Waals surface area contributed by atoms with Crippen molar-refractivity contribution in [1.29, 1.82) is 0 Å². The quantitative estimate of drug-likeness (QED) is 0.823. The Labute approximate surface area is 120 Å². The molecule has 2 aromatic rings. The van der Waals surface area contributed by atoms with Crippen molar-refractivity contribution in [2.45, 2.75) is 33.4 Å². The van der Waals surface area contributed by atoms with Crippen molar-refractivity contribution in [3.63, 3.8) is 0 Å². The summed E-state index contributed by atoms with van der Waals surface area (Å²) in [5.74, 6) is 0. The fourth-order valence-corrected chi connectivity index (χ4v) is 3.37. The lowest BCUT2D eigenvalue weighted by molar-refractivity contribution is 0.533. The number of nitrogens with zero attached hydrogens (tertiary/aromatic N) is 2. The standard InChI is InChI=1S/C13H18BrN3S/c1-10-8-11(2)17(16-10)6-3-5-15-9-13-12(14)4-7-18-13/h4,7-8,15H,3,5-6,9H2,1-2H3. The molecule has 2 rings (SSSR count). The number of halogens is 1. The highest BCUT2D eigenvalue weighted by molar-refractivity contribution is 9.10. The van der Waals surface area contributed by atoms with Gasteiger partial charge in [-0.3, -0.25) is 4.68 Å². The molecule has 0 aliphatic heterocycles. The van der Waals surface area contributed by atoms with E-state index in [0.717, 1.165) is 31.7 Å². The van der Waals surface area contributed by atoms with Gasteiger partial charge in [0.2, 0.25) is 0 Å². The van der Waals surface area contributed by atoms with Crippen LogP contribution in [0.5, 0.6) is 0 Å². The minimum absolute atomic E-state index is 0.940. The molecule has 1 N–H and O–H groups in total. The van der Waals surface area contributed by atoms with E-state index in [1.165, 1.54) is 15.0 Å². The number of rotatable bonds is 6. The van der Waals surface area contributed by atoms with Crippen molar-refractivity contribution in [3.05, 3.63) is 38.3 Å². The summed E-state index contributed by atoms with van der Waals surface area (Å²) in [6, 6.07) is 4.22. The molecule has 0 aromatic carbocycles. The van der Waals surface area contributed by atoms with E-state index < -0.39 is 0 Å². The highest BCUT2D eigenvalue weighted by Gasteiger charge is 2.01. The molecule has 0 fully saturated rings. The van der Waals surface area contributed by atoms with Gasteiger partial charge in [-0.15, -0.1) is 11.3 Å². The van der Waals surface area contributed by atoms with Gasteiger partial charge in [-0.2, -0.15) is 5.10 Å². The van der Waals surface area contributed by atoms with E-state index in [2.05, 4.69) is 55.5 Å². The Balaban J connectivity index is 1.67. The van der Waals surface area contributed by atoms with Gasteiger partial charge >= 0.3 is 0 Å². The van der Waals surface area contributed by atoms with E-state index in [1.54, 1.807) is 11.3 Å². The van der Waals surface area contributed by atoms with E-state index in [0.29, 0.717) is 0 Å². The lowest BCUT2D eigenvalue weighted by Gasteiger charge is -2.06. The molecule has 0 atom stereocenters. The van der Waals surface area contributed by atoms with Crippen molar-refractivity contribution >= 4 is 27.3 Å². The average Bonchev–Trinajstić information content (AvgIpc) is 2.86. The number of thiophene rings is 1. The van der Waals surface area contributed by atoms with E-state index in [-0.39, 0.29) is 0 Å². The zero-order valence-electron chi connectivity index (χ0n) is 10.7. The summed E-state index contributed by atoms with van der Waals surface area (Å²) in [7, 11) is 0. The van der Waals surface area contributed by atoms with E-state index in [4.69, 9.17) is 0 Å². The summed E-state index contributed by atoms with van der Waals surface area (Å²) >= 11 is 5.32. The predicted octanol–water partition coefficient (Wildman–Crippen LogP) is 3.50. The van der Waals surface area contributed by atoms with Crippen LogP contribution < -0.4 is 5.32 Å². The summed E-state index contributed by atoms with van der Waals surface area (Å²) in [6.45, 7) is 7.09. The maximum absolute atomic E-state index is 4.46. The zero-order valence-corrected chi connectivity index (χ0v) is 13.1. The van der Waals surface area contributed by atoms with Crippen LogP contribution in [-0.2, 0) is 13.1 Å². The van der Waals surface area contributed by atoms with Gasteiger partial charge in [0, 0.05) is 28.1 Å². The maximum Gasteiger partial charge on any atom is 0.0596 e.